The zero-order chi connectivity index (χ0) is 15.9. The summed E-state index contributed by atoms with van der Waals surface area (Å²) in [6.45, 7) is 4.15. The second kappa shape index (κ2) is 8.03. The van der Waals surface area contributed by atoms with Gasteiger partial charge in [0.2, 0.25) is 5.91 Å². The molecule has 0 saturated carbocycles. The first-order valence-corrected chi connectivity index (χ1v) is 7.85. The molecule has 1 amide bonds. The third-order valence-electron chi connectivity index (χ3n) is 4.10. The molecule has 5 nitrogen and oxygen atoms in total. The van der Waals surface area contributed by atoms with E-state index in [1.165, 1.54) is 0 Å². The molecule has 0 spiro atoms. The highest BCUT2D eigenvalue weighted by molar-refractivity contribution is 5.78. The van der Waals surface area contributed by atoms with Crippen molar-refractivity contribution in [2.24, 2.45) is 5.92 Å². The van der Waals surface area contributed by atoms with Crippen molar-refractivity contribution in [2.45, 2.75) is 25.8 Å². The van der Waals surface area contributed by atoms with E-state index in [4.69, 9.17) is 9.47 Å². The number of nitrogens with one attached hydrogen (secondary N) is 1. The summed E-state index contributed by atoms with van der Waals surface area (Å²) >= 11 is 0. The molecule has 0 aromatic heterocycles. The van der Waals surface area contributed by atoms with Crippen molar-refractivity contribution in [1.29, 1.82) is 0 Å². The molecule has 2 atom stereocenters. The number of piperidine rings is 1. The number of nitrogens with zero attached hydrogens (tertiary/aromatic N) is 1. The van der Waals surface area contributed by atoms with Crippen LogP contribution >= 0.6 is 0 Å². The van der Waals surface area contributed by atoms with Crippen molar-refractivity contribution in [1.82, 2.24) is 10.2 Å². The third-order valence-corrected chi connectivity index (χ3v) is 4.10. The van der Waals surface area contributed by atoms with Gasteiger partial charge in [-0.2, -0.15) is 0 Å². The van der Waals surface area contributed by atoms with E-state index in [1.807, 2.05) is 31.3 Å². The van der Waals surface area contributed by atoms with E-state index in [0.29, 0.717) is 19.2 Å². The summed E-state index contributed by atoms with van der Waals surface area (Å²) in [5.41, 5.74) is 0. The molecule has 0 aliphatic carbocycles. The molecule has 0 unspecified atom stereocenters. The maximum absolute atomic E-state index is 12.4. The van der Waals surface area contributed by atoms with Crippen LogP contribution < -0.4 is 14.8 Å². The average Bonchev–Trinajstić information content (AvgIpc) is 2.54. The molecule has 22 heavy (non-hydrogen) atoms. The molecular formula is C17H26N2O3. The molecule has 0 radical (unpaired) electrons. The Kier molecular flexibility index (Phi) is 6.07. The average molecular weight is 306 g/mol. The van der Waals surface area contributed by atoms with Crippen LogP contribution in [-0.4, -0.2) is 50.7 Å². The maximum atomic E-state index is 12.4. The number of hydrogen-bond donors (Lipinski definition) is 1. The Hall–Kier alpha value is -1.75. The molecule has 0 bridgehead atoms. The van der Waals surface area contributed by atoms with Crippen LogP contribution in [0.2, 0.25) is 0 Å². The smallest absolute Gasteiger partial charge is 0.225 e. The second-order valence-corrected chi connectivity index (χ2v) is 5.86. The molecule has 122 valence electrons. The fraction of sp³-hybridized carbons (Fsp3) is 0.588. The summed E-state index contributed by atoms with van der Waals surface area (Å²) < 4.78 is 10.8. The Bertz CT molecular complexity index is 475. The van der Waals surface area contributed by atoms with Gasteiger partial charge in [0.25, 0.3) is 0 Å². The Labute approximate surface area is 132 Å². The Balaban J connectivity index is 1.74. The lowest BCUT2D eigenvalue weighted by atomic mass is 9.92. The monoisotopic (exact) mass is 306 g/mol. The number of carbonyl (C=O) groups excluding carboxylic acids is 1. The van der Waals surface area contributed by atoms with Crippen LogP contribution in [0.3, 0.4) is 0 Å². The summed E-state index contributed by atoms with van der Waals surface area (Å²) in [5, 5.41) is 3.37. The van der Waals surface area contributed by atoms with E-state index in [0.717, 1.165) is 30.9 Å². The fourth-order valence-corrected chi connectivity index (χ4v) is 2.75. The lowest BCUT2D eigenvalue weighted by Gasteiger charge is -2.30. The second-order valence-electron chi connectivity index (χ2n) is 5.86. The van der Waals surface area contributed by atoms with Gasteiger partial charge in [-0.3, -0.25) is 4.79 Å². The molecule has 1 aromatic carbocycles. The van der Waals surface area contributed by atoms with E-state index < -0.39 is 0 Å². The van der Waals surface area contributed by atoms with Gasteiger partial charge in [-0.05, 0) is 50.6 Å². The highest BCUT2D eigenvalue weighted by Gasteiger charge is 2.26. The maximum Gasteiger partial charge on any atom is 0.225 e. The molecule has 1 aliphatic heterocycles. The Morgan fingerprint density at radius 3 is 2.64 bits per heavy atom. The predicted octanol–water partition coefficient (Wildman–Crippen LogP) is 1.92. The van der Waals surface area contributed by atoms with Gasteiger partial charge >= 0.3 is 0 Å². The third kappa shape index (κ3) is 4.63. The van der Waals surface area contributed by atoms with E-state index in [-0.39, 0.29) is 11.8 Å². The van der Waals surface area contributed by atoms with Gasteiger partial charge in [-0.15, -0.1) is 0 Å². The zero-order valence-electron chi connectivity index (χ0n) is 13.7. The summed E-state index contributed by atoms with van der Waals surface area (Å²) in [4.78, 5) is 14.2. The van der Waals surface area contributed by atoms with Crippen LogP contribution in [0, 0.1) is 5.92 Å². The largest absolute Gasteiger partial charge is 0.497 e. The van der Waals surface area contributed by atoms with Crippen LogP contribution in [0.25, 0.3) is 0 Å². The van der Waals surface area contributed by atoms with Crippen LogP contribution in [-0.2, 0) is 4.79 Å². The first kappa shape index (κ1) is 16.6. The van der Waals surface area contributed by atoms with Gasteiger partial charge in [-0.25, -0.2) is 0 Å². The molecule has 1 N–H and O–H groups in total. The quantitative estimate of drug-likeness (QED) is 0.872. The van der Waals surface area contributed by atoms with Crippen molar-refractivity contribution in [3.8, 4) is 11.5 Å². The van der Waals surface area contributed by atoms with E-state index in [9.17, 15) is 4.79 Å². The van der Waals surface area contributed by atoms with Gasteiger partial charge in [0.1, 0.15) is 18.1 Å². The number of ether oxygens (including phenoxy) is 2. The minimum atomic E-state index is 0.141. The zero-order valence-corrected chi connectivity index (χ0v) is 13.7. The lowest BCUT2D eigenvalue weighted by Crippen LogP contribution is -2.43. The van der Waals surface area contributed by atoms with Crippen molar-refractivity contribution < 1.29 is 14.3 Å². The normalized spacial score (nSPS) is 21.2. The van der Waals surface area contributed by atoms with Gasteiger partial charge in [-0.1, -0.05) is 0 Å². The fourth-order valence-electron chi connectivity index (χ4n) is 2.75. The van der Waals surface area contributed by atoms with Crippen molar-refractivity contribution in [3.63, 3.8) is 0 Å². The first-order valence-electron chi connectivity index (χ1n) is 7.85. The molecule has 5 heteroatoms. The lowest BCUT2D eigenvalue weighted by molar-refractivity contribution is -0.135. The van der Waals surface area contributed by atoms with Crippen molar-refractivity contribution in [2.75, 3.05) is 33.9 Å². The van der Waals surface area contributed by atoms with Crippen LogP contribution in [0.5, 0.6) is 11.5 Å². The molecule has 1 aliphatic rings. The van der Waals surface area contributed by atoms with Crippen molar-refractivity contribution >= 4 is 5.91 Å². The van der Waals surface area contributed by atoms with Gasteiger partial charge in [0.05, 0.1) is 13.7 Å². The topological polar surface area (TPSA) is 50.8 Å². The molecule has 1 aromatic rings. The summed E-state index contributed by atoms with van der Waals surface area (Å²) in [6, 6.07) is 7.89. The van der Waals surface area contributed by atoms with E-state index in [2.05, 4.69) is 12.2 Å². The predicted molar refractivity (Wildman–Crippen MR) is 86.3 cm³/mol. The van der Waals surface area contributed by atoms with Crippen LogP contribution in [0.15, 0.2) is 24.3 Å². The minimum Gasteiger partial charge on any atom is -0.497 e. The minimum absolute atomic E-state index is 0.141. The number of rotatable bonds is 6. The van der Waals surface area contributed by atoms with Gasteiger partial charge in [0, 0.05) is 19.0 Å². The highest BCUT2D eigenvalue weighted by Crippen LogP contribution is 2.19. The Morgan fingerprint density at radius 2 is 2.00 bits per heavy atom. The number of amides is 1. The molecule has 1 saturated heterocycles. The van der Waals surface area contributed by atoms with E-state index >= 15 is 0 Å². The summed E-state index contributed by atoms with van der Waals surface area (Å²) in [7, 11) is 3.49. The molecule has 1 fully saturated rings. The van der Waals surface area contributed by atoms with Crippen LogP contribution in [0.4, 0.5) is 0 Å². The SMILES string of the molecule is COc1ccc(OCCN(C)C(=O)[C@H]2CCN[C@@H](C)C2)cc1. The van der Waals surface area contributed by atoms with Gasteiger partial charge < -0.3 is 19.7 Å². The number of benzene rings is 1. The van der Waals surface area contributed by atoms with E-state index in [1.54, 1.807) is 12.0 Å². The summed E-state index contributed by atoms with van der Waals surface area (Å²) in [5.74, 6) is 1.96. The first-order chi connectivity index (χ1) is 10.6. The number of hydrogen-bond acceptors (Lipinski definition) is 4. The standard InChI is InChI=1S/C17H26N2O3/c1-13-12-14(8-9-18-13)17(20)19(2)10-11-22-16-6-4-15(21-3)5-7-16/h4-7,13-14,18H,8-12H2,1-3H3/t13-,14-/m0/s1. The highest BCUT2D eigenvalue weighted by atomic mass is 16.5. The van der Waals surface area contributed by atoms with Gasteiger partial charge in [0.15, 0.2) is 0 Å². The Morgan fingerprint density at radius 1 is 1.32 bits per heavy atom. The number of likely N-dealkylation sites (N-methyl/N-ethyl adjacent to an activating group) is 1. The number of carbonyl (C=O) groups is 1. The van der Waals surface area contributed by atoms with Crippen molar-refractivity contribution in [3.05, 3.63) is 24.3 Å². The van der Waals surface area contributed by atoms with Crippen LogP contribution in [0.1, 0.15) is 19.8 Å². The molecule has 1 heterocycles. The molecular weight excluding hydrogens is 280 g/mol. The number of methoxy groups -OCH3 is 1. The summed E-state index contributed by atoms with van der Waals surface area (Å²) in [6.07, 6.45) is 1.84. The molecule has 2 rings (SSSR count).